The highest BCUT2D eigenvalue weighted by molar-refractivity contribution is 6.06. The van der Waals surface area contributed by atoms with Gasteiger partial charge < -0.3 is 4.90 Å². The Kier molecular flexibility index (Phi) is 5.41. The molecule has 138 valence electrons. The summed E-state index contributed by atoms with van der Waals surface area (Å²) in [6, 6.07) is 20.2. The fourth-order valence-corrected chi connectivity index (χ4v) is 3.05. The van der Waals surface area contributed by atoms with Crippen molar-refractivity contribution in [3.05, 3.63) is 95.3 Å². The first kappa shape index (κ1) is 18.8. The first-order valence-corrected chi connectivity index (χ1v) is 9.23. The maximum absolute atomic E-state index is 13.4. The number of aryl methyl sites for hydroxylation is 1. The van der Waals surface area contributed by atoms with E-state index in [-0.39, 0.29) is 11.3 Å². The van der Waals surface area contributed by atoms with Gasteiger partial charge in [0.1, 0.15) is 0 Å². The normalized spacial score (nSPS) is 11.3. The molecule has 0 saturated carbocycles. The van der Waals surface area contributed by atoms with Crippen molar-refractivity contribution in [3.63, 3.8) is 0 Å². The van der Waals surface area contributed by atoms with Gasteiger partial charge in [-0.1, -0.05) is 63.2 Å². The highest BCUT2D eigenvalue weighted by atomic mass is 16.2. The maximum atomic E-state index is 13.4. The monoisotopic (exact) mass is 358 g/mol. The number of hydrogen-bond acceptors (Lipinski definition) is 2. The molecule has 0 aliphatic heterocycles. The van der Waals surface area contributed by atoms with E-state index in [1.807, 2.05) is 54.3 Å². The molecule has 27 heavy (non-hydrogen) atoms. The van der Waals surface area contributed by atoms with Crippen molar-refractivity contribution < 1.29 is 4.79 Å². The molecule has 0 aliphatic rings. The van der Waals surface area contributed by atoms with Crippen LogP contribution in [0.4, 0.5) is 5.69 Å². The van der Waals surface area contributed by atoms with Crippen LogP contribution in [0.5, 0.6) is 0 Å². The van der Waals surface area contributed by atoms with E-state index in [0.29, 0.717) is 12.1 Å². The van der Waals surface area contributed by atoms with Crippen molar-refractivity contribution in [2.45, 2.75) is 39.7 Å². The second-order valence-corrected chi connectivity index (χ2v) is 7.86. The predicted octanol–water partition coefficient (Wildman–Crippen LogP) is 5.53. The molecule has 0 saturated heterocycles. The van der Waals surface area contributed by atoms with Crippen LogP contribution in [-0.4, -0.2) is 10.9 Å². The lowest BCUT2D eigenvalue weighted by atomic mass is 9.87. The molecule has 3 nitrogen and oxygen atoms in total. The van der Waals surface area contributed by atoms with Crippen LogP contribution in [0.15, 0.2) is 73.1 Å². The first-order chi connectivity index (χ1) is 12.9. The number of hydrogen-bond donors (Lipinski definition) is 0. The van der Waals surface area contributed by atoms with E-state index in [0.717, 1.165) is 16.8 Å². The number of rotatable bonds is 4. The van der Waals surface area contributed by atoms with Crippen molar-refractivity contribution >= 4 is 11.6 Å². The molecule has 0 radical (unpaired) electrons. The number of pyridine rings is 1. The van der Waals surface area contributed by atoms with Gasteiger partial charge in [0.2, 0.25) is 0 Å². The van der Waals surface area contributed by atoms with Gasteiger partial charge in [-0.2, -0.15) is 0 Å². The third-order valence-electron chi connectivity index (χ3n) is 4.72. The lowest BCUT2D eigenvalue weighted by molar-refractivity contribution is 0.0984. The van der Waals surface area contributed by atoms with Crippen molar-refractivity contribution in [1.82, 2.24) is 4.98 Å². The summed E-state index contributed by atoms with van der Waals surface area (Å²) < 4.78 is 0. The molecule has 3 aromatic rings. The van der Waals surface area contributed by atoms with E-state index in [1.165, 1.54) is 5.56 Å². The van der Waals surface area contributed by atoms with Gasteiger partial charge in [-0.05, 0) is 47.2 Å². The van der Waals surface area contributed by atoms with Crippen LogP contribution in [0.1, 0.15) is 47.8 Å². The van der Waals surface area contributed by atoms with Crippen LogP contribution in [0.3, 0.4) is 0 Å². The lowest BCUT2D eigenvalue weighted by Crippen LogP contribution is -2.31. The van der Waals surface area contributed by atoms with Gasteiger partial charge in [0.25, 0.3) is 5.91 Å². The molecule has 0 unspecified atom stereocenters. The molecule has 3 rings (SSSR count). The molecule has 2 aromatic carbocycles. The summed E-state index contributed by atoms with van der Waals surface area (Å²) in [6.45, 7) is 9.01. The fourth-order valence-electron chi connectivity index (χ4n) is 3.05. The van der Waals surface area contributed by atoms with Crippen LogP contribution < -0.4 is 4.90 Å². The first-order valence-electron chi connectivity index (χ1n) is 9.23. The minimum Gasteiger partial charge on any atom is -0.304 e. The third-order valence-corrected chi connectivity index (χ3v) is 4.72. The van der Waals surface area contributed by atoms with E-state index < -0.39 is 0 Å². The van der Waals surface area contributed by atoms with Crippen molar-refractivity contribution in [2.75, 3.05) is 4.90 Å². The number of anilines is 1. The molecule has 0 spiro atoms. The van der Waals surface area contributed by atoms with Crippen molar-refractivity contribution in [3.8, 4) is 0 Å². The molecular weight excluding hydrogens is 332 g/mol. The van der Waals surface area contributed by atoms with Crippen molar-refractivity contribution in [2.24, 2.45) is 0 Å². The topological polar surface area (TPSA) is 33.2 Å². The van der Waals surface area contributed by atoms with Crippen LogP contribution in [0, 0.1) is 6.92 Å². The molecular formula is C24H26N2O. The molecule has 0 bridgehead atoms. The molecule has 1 aromatic heterocycles. The minimum atomic E-state index is -0.0118. The third kappa shape index (κ3) is 4.43. The van der Waals surface area contributed by atoms with E-state index >= 15 is 0 Å². The van der Waals surface area contributed by atoms with Gasteiger partial charge >= 0.3 is 0 Å². The SMILES string of the molecule is Cc1cnccc1C(=O)N(Cc1ccccc1)c1ccc(C(C)(C)C)cc1. The summed E-state index contributed by atoms with van der Waals surface area (Å²) in [5.74, 6) is -0.0118. The quantitative estimate of drug-likeness (QED) is 0.614. The van der Waals surface area contributed by atoms with E-state index in [1.54, 1.807) is 18.5 Å². The zero-order valence-corrected chi connectivity index (χ0v) is 16.4. The standard InChI is InChI=1S/C24H26N2O/c1-18-16-25-15-14-22(18)23(27)26(17-19-8-6-5-7-9-19)21-12-10-20(11-13-21)24(2,3)4/h5-16H,17H2,1-4H3. The molecule has 0 aliphatic carbocycles. The number of carbonyl (C=O) groups is 1. The van der Waals surface area contributed by atoms with Gasteiger partial charge in [-0.25, -0.2) is 0 Å². The molecule has 1 amide bonds. The highest BCUT2D eigenvalue weighted by Gasteiger charge is 2.21. The van der Waals surface area contributed by atoms with Crippen LogP contribution in [-0.2, 0) is 12.0 Å². The van der Waals surface area contributed by atoms with Crippen molar-refractivity contribution in [1.29, 1.82) is 0 Å². The van der Waals surface area contributed by atoms with Gasteiger partial charge in [0.05, 0.1) is 6.54 Å². The Morgan fingerprint density at radius 2 is 1.63 bits per heavy atom. The van der Waals surface area contributed by atoms with E-state index in [4.69, 9.17) is 0 Å². The van der Waals surface area contributed by atoms with Crippen LogP contribution in [0.25, 0.3) is 0 Å². The highest BCUT2D eigenvalue weighted by Crippen LogP contribution is 2.27. The molecule has 0 N–H and O–H groups in total. The predicted molar refractivity (Wildman–Crippen MR) is 111 cm³/mol. The maximum Gasteiger partial charge on any atom is 0.258 e. The summed E-state index contributed by atoms with van der Waals surface area (Å²) in [4.78, 5) is 19.3. The Hall–Kier alpha value is -2.94. The minimum absolute atomic E-state index is 0.0118. The van der Waals surface area contributed by atoms with Crippen LogP contribution >= 0.6 is 0 Å². The number of benzene rings is 2. The Bertz CT molecular complexity index is 909. The lowest BCUT2D eigenvalue weighted by Gasteiger charge is -2.25. The van der Waals surface area contributed by atoms with Gasteiger partial charge in [0.15, 0.2) is 0 Å². The number of carbonyl (C=O) groups excluding carboxylic acids is 1. The average Bonchev–Trinajstić information content (AvgIpc) is 2.66. The van der Waals surface area contributed by atoms with Gasteiger partial charge in [-0.15, -0.1) is 0 Å². The molecule has 1 heterocycles. The average molecular weight is 358 g/mol. The molecule has 3 heteroatoms. The second kappa shape index (κ2) is 7.75. The zero-order chi connectivity index (χ0) is 19.4. The molecule has 0 atom stereocenters. The smallest absolute Gasteiger partial charge is 0.258 e. The fraction of sp³-hybridized carbons (Fsp3) is 0.250. The second-order valence-electron chi connectivity index (χ2n) is 7.86. The largest absolute Gasteiger partial charge is 0.304 e. The number of nitrogens with zero attached hydrogens (tertiary/aromatic N) is 2. The zero-order valence-electron chi connectivity index (χ0n) is 16.4. The van der Waals surface area contributed by atoms with E-state index in [2.05, 4.69) is 37.9 Å². The Morgan fingerprint density at radius 3 is 2.22 bits per heavy atom. The number of aromatic nitrogens is 1. The summed E-state index contributed by atoms with van der Waals surface area (Å²) in [7, 11) is 0. The van der Waals surface area contributed by atoms with E-state index in [9.17, 15) is 4.79 Å². The Balaban J connectivity index is 1.99. The summed E-state index contributed by atoms with van der Waals surface area (Å²) in [5, 5.41) is 0. The summed E-state index contributed by atoms with van der Waals surface area (Å²) in [5.41, 5.74) is 4.88. The molecule has 0 fully saturated rings. The Labute approximate surface area is 161 Å². The number of amides is 1. The summed E-state index contributed by atoms with van der Waals surface area (Å²) >= 11 is 0. The van der Waals surface area contributed by atoms with Gasteiger partial charge in [0, 0.05) is 23.6 Å². The Morgan fingerprint density at radius 1 is 0.963 bits per heavy atom. The van der Waals surface area contributed by atoms with Crippen LogP contribution in [0.2, 0.25) is 0 Å². The summed E-state index contributed by atoms with van der Waals surface area (Å²) in [6.07, 6.45) is 3.40. The van der Waals surface area contributed by atoms with Gasteiger partial charge in [-0.3, -0.25) is 9.78 Å².